The lowest BCUT2D eigenvalue weighted by Crippen LogP contribution is -2.42. The van der Waals surface area contributed by atoms with Gasteiger partial charge in [-0.2, -0.15) is 0 Å². The first kappa shape index (κ1) is 18.5. The van der Waals surface area contributed by atoms with E-state index in [9.17, 15) is 0 Å². The fraction of sp³-hybridized carbons (Fsp3) is 0.500. The highest BCUT2D eigenvalue weighted by Gasteiger charge is 2.25. The van der Waals surface area contributed by atoms with E-state index in [-0.39, 0.29) is 6.04 Å². The first-order valence-electron chi connectivity index (χ1n) is 9.48. The Morgan fingerprint density at radius 3 is 2.77 bits per heavy atom. The Balaban J connectivity index is 1.65. The summed E-state index contributed by atoms with van der Waals surface area (Å²) in [6.45, 7) is 8.46. The molecule has 1 aliphatic heterocycles. The largest absolute Gasteiger partial charge is 0.468 e. The topological polar surface area (TPSA) is 65.7 Å². The molecule has 2 aromatic heterocycles. The van der Waals surface area contributed by atoms with Crippen molar-refractivity contribution in [2.24, 2.45) is 4.99 Å². The lowest BCUT2D eigenvalue weighted by Gasteiger charge is -2.26. The highest BCUT2D eigenvalue weighted by atomic mass is 16.3. The van der Waals surface area contributed by atoms with E-state index in [4.69, 9.17) is 4.42 Å². The predicted octanol–water partition coefficient (Wildman–Crippen LogP) is 2.88. The molecule has 1 unspecified atom stereocenters. The van der Waals surface area contributed by atoms with Crippen LogP contribution in [-0.4, -0.2) is 42.0 Å². The standard InChI is InChI=1S/C20H29N5O/c1-3-21-20(22-14-17-9-6-8-16(2)24-17)23-15-18(19-10-7-13-26-19)25-11-4-5-12-25/h6-10,13,18H,3-5,11-12,14-15H2,1-2H3,(H2,21,22,23). The molecule has 0 spiro atoms. The summed E-state index contributed by atoms with van der Waals surface area (Å²) in [6.07, 6.45) is 4.26. The van der Waals surface area contributed by atoms with Gasteiger partial charge in [-0.15, -0.1) is 0 Å². The molecule has 26 heavy (non-hydrogen) atoms. The molecule has 2 N–H and O–H groups in total. The molecular formula is C20H29N5O. The highest BCUT2D eigenvalue weighted by molar-refractivity contribution is 5.79. The van der Waals surface area contributed by atoms with Crippen molar-refractivity contribution >= 4 is 5.96 Å². The Hall–Kier alpha value is -2.34. The number of rotatable bonds is 7. The van der Waals surface area contributed by atoms with Gasteiger partial charge >= 0.3 is 0 Å². The van der Waals surface area contributed by atoms with E-state index in [2.05, 4.69) is 38.5 Å². The molecule has 0 bridgehead atoms. The first-order chi connectivity index (χ1) is 12.8. The summed E-state index contributed by atoms with van der Waals surface area (Å²) >= 11 is 0. The maximum atomic E-state index is 5.69. The molecule has 6 heteroatoms. The van der Waals surface area contributed by atoms with Crippen LogP contribution in [0.4, 0.5) is 0 Å². The van der Waals surface area contributed by atoms with Gasteiger partial charge in [0.15, 0.2) is 5.96 Å². The van der Waals surface area contributed by atoms with Gasteiger partial charge in [-0.1, -0.05) is 6.07 Å². The molecule has 0 saturated carbocycles. The van der Waals surface area contributed by atoms with Gasteiger partial charge in [0, 0.05) is 18.8 Å². The number of hydrogen-bond donors (Lipinski definition) is 2. The van der Waals surface area contributed by atoms with E-state index in [1.54, 1.807) is 6.26 Å². The van der Waals surface area contributed by atoms with E-state index >= 15 is 0 Å². The highest BCUT2D eigenvalue weighted by Crippen LogP contribution is 2.24. The van der Waals surface area contributed by atoms with Crippen LogP contribution < -0.4 is 10.6 Å². The lowest BCUT2D eigenvalue weighted by molar-refractivity contribution is 0.215. The number of aromatic nitrogens is 1. The molecular weight excluding hydrogens is 326 g/mol. The van der Waals surface area contributed by atoms with E-state index in [0.29, 0.717) is 6.54 Å². The van der Waals surface area contributed by atoms with Gasteiger partial charge in [-0.25, -0.2) is 4.99 Å². The average molecular weight is 355 g/mol. The molecule has 3 rings (SSSR count). The van der Waals surface area contributed by atoms with E-state index < -0.39 is 0 Å². The Morgan fingerprint density at radius 1 is 1.23 bits per heavy atom. The van der Waals surface area contributed by atoms with Gasteiger partial charge in [-0.3, -0.25) is 9.88 Å². The van der Waals surface area contributed by atoms with Crippen LogP contribution >= 0.6 is 0 Å². The van der Waals surface area contributed by atoms with Crippen LogP contribution in [0.1, 0.15) is 43.0 Å². The van der Waals surface area contributed by atoms with Crippen molar-refractivity contribution in [3.05, 3.63) is 53.7 Å². The number of nitrogens with zero attached hydrogens (tertiary/aromatic N) is 3. The van der Waals surface area contributed by atoms with Crippen LogP contribution in [0.2, 0.25) is 0 Å². The van der Waals surface area contributed by atoms with Crippen LogP contribution in [0, 0.1) is 6.92 Å². The third-order valence-electron chi connectivity index (χ3n) is 4.61. The number of hydrogen-bond acceptors (Lipinski definition) is 4. The number of nitrogens with one attached hydrogen (secondary N) is 2. The fourth-order valence-corrected chi connectivity index (χ4v) is 3.33. The van der Waals surface area contributed by atoms with Crippen LogP contribution in [0.3, 0.4) is 0 Å². The number of guanidine groups is 1. The summed E-state index contributed by atoms with van der Waals surface area (Å²) in [4.78, 5) is 11.7. The third-order valence-corrected chi connectivity index (χ3v) is 4.61. The number of aryl methyl sites for hydroxylation is 1. The second-order valence-corrected chi connectivity index (χ2v) is 6.62. The smallest absolute Gasteiger partial charge is 0.191 e. The molecule has 1 atom stereocenters. The van der Waals surface area contributed by atoms with Crippen molar-refractivity contribution in [3.8, 4) is 0 Å². The van der Waals surface area contributed by atoms with Crippen molar-refractivity contribution in [1.82, 2.24) is 20.5 Å². The van der Waals surface area contributed by atoms with Crippen LogP contribution in [0.15, 0.2) is 46.0 Å². The maximum Gasteiger partial charge on any atom is 0.191 e. The minimum absolute atomic E-state index is 0.230. The van der Waals surface area contributed by atoms with Crippen molar-refractivity contribution in [2.75, 3.05) is 26.2 Å². The van der Waals surface area contributed by atoms with E-state index in [1.807, 2.05) is 31.2 Å². The molecule has 0 aliphatic carbocycles. The molecule has 0 aromatic carbocycles. The number of pyridine rings is 1. The zero-order chi connectivity index (χ0) is 18.2. The number of likely N-dealkylation sites (tertiary alicyclic amines) is 1. The number of aliphatic imine (C=N–C) groups is 1. The van der Waals surface area contributed by atoms with Gasteiger partial charge in [0.25, 0.3) is 0 Å². The monoisotopic (exact) mass is 355 g/mol. The molecule has 3 heterocycles. The third kappa shape index (κ3) is 5.08. The normalized spacial score (nSPS) is 16.6. The van der Waals surface area contributed by atoms with Gasteiger partial charge in [0.2, 0.25) is 0 Å². The minimum atomic E-state index is 0.230. The molecule has 0 radical (unpaired) electrons. The predicted molar refractivity (Wildman–Crippen MR) is 104 cm³/mol. The van der Waals surface area contributed by atoms with Crippen LogP contribution in [0.25, 0.3) is 0 Å². The molecule has 1 saturated heterocycles. The second-order valence-electron chi connectivity index (χ2n) is 6.62. The summed E-state index contributed by atoms with van der Waals surface area (Å²) in [6, 6.07) is 10.3. The molecule has 6 nitrogen and oxygen atoms in total. The molecule has 2 aromatic rings. The quantitative estimate of drug-likeness (QED) is 0.591. The molecule has 140 valence electrons. The van der Waals surface area contributed by atoms with Crippen molar-refractivity contribution < 1.29 is 4.42 Å². The van der Waals surface area contributed by atoms with Crippen molar-refractivity contribution in [2.45, 2.75) is 39.3 Å². The summed E-state index contributed by atoms with van der Waals surface area (Å²) < 4.78 is 5.69. The van der Waals surface area contributed by atoms with Gasteiger partial charge in [-0.05, 0) is 64.0 Å². The zero-order valence-corrected chi connectivity index (χ0v) is 15.7. The fourth-order valence-electron chi connectivity index (χ4n) is 3.33. The second kappa shape index (κ2) is 9.38. The molecule has 1 fully saturated rings. The SMILES string of the molecule is CCNC(=NCc1cccc(C)n1)NCC(c1ccco1)N1CCCC1. The Kier molecular flexibility index (Phi) is 6.66. The summed E-state index contributed by atoms with van der Waals surface area (Å²) in [5, 5.41) is 6.80. The Morgan fingerprint density at radius 2 is 2.08 bits per heavy atom. The van der Waals surface area contributed by atoms with E-state index in [1.165, 1.54) is 12.8 Å². The average Bonchev–Trinajstić information content (AvgIpc) is 3.34. The van der Waals surface area contributed by atoms with Crippen LogP contribution in [-0.2, 0) is 6.54 Å². The van der Waals surface area contributed by atoms with E-state index in [0.717, 1.165) is 49.3 Å². The molecule has 1 aliphatic rings. The first-order valence-corrected chi connectivity index (χ1v) is 9.48. The summed E-state index contributed by atoms with van der Waals surface area (Å²) in [7, 11) is 0. The van der Waals surface area contributed by atoms with Crippen LogP contribution in [0.5, 0.6) is 0 Å². The summed E-state index contributed by atoms with van der Waals surface area (Å²) in [5.41, 5.74) is 1.99. The lowest BCUT2D eigenvalue weighted by atomic mass is 10.2. The van der Waals surface area contributed by atoms with Crippen molar-refractivity contribution in [1.29, 1.82) is 0 Å². The maximum absolute atomic E-state index is 5.69. The van der Waals surface area contributed by atoms with Gasteiger partial charge in [0.05, 0.1) is 24.5 Å². The van der Waals surface area contributed by atoms with Gasteiger partial charge in [0.1, 0.15) is 5.76 Å². The van der Waals surface area contributed by atoms with Gasteiger partial charge < -0.3 is 15.1 Å². The Labute approximate surface area is 155 Å². The Bertz CT molecular complexity index is 692. The molecule has 0 amide bonds. The van der Waals surface area contributed by atoms with Crippen molar-refractivity contribution in [3.63, 3.8) is 0 Å². The zero-order valence-electron chi connectivity index (χ0n) is 15.7. The minimum Gasteiger partial charge on any atom is -0.468 e. The summed E-state index contributed by atoms with van der Waals surface area (Å²) in [5.74, 6) is 1.82. The number of furan rings is 1.